The third kappa shape index (κ3) is 3.75. The highest BCUT2D eigenvalue weighted by molar-refractivity contribution is 5.75. The minimum atomic E-state index is -0.260. The van der Waals surface area contributed by atoms with Crippen molar-refractivity contribution in [2.45, 2.75) is 32.7 Å². The van der Waals surface area contributed by atoms with Gasteiger partial charge in [0.15, 0.2) is 0 Å². The van der Waals surface area contributed by atoms with E-state index in [0.29, 0.717) is 12.3 Å². The molecule has 0 unspecified atom stereocenters. The summed E-state index contributed by atoms with van der Waals surface area (Å²) in [6.45, 7) is 4.31. The Hall–Kier alpha value is -2.24. The first kappa shape index (κ1) is 15.6. The monoisotopic (exact) mass is 316 g/mol. The minimum absolute atomic E-state index is 0.222. The molecule has 122 valence electrons. The van der Waals surface area contributed by atoms with E-state index in [1.165, 1.54) is 12.1 Å². The van der Waals surface area contributed by atoms with Crippen molar-refractivity contribution in [2.24, 2.45) is 5.92 Å². The number of aromatic nitrogens is 3. The number of hydrogen-bond acceptors (Lipinski definition) is 3. The summed E-state index contributed by atoms with van der Waals surface area (Å²) in [7, 11) is 0. The number of benzene rings is 1. The predicted octanol–water partition coefficient (Wildman–Crippen LogP) is 2.73. The Morgan fingerprint density at radius 2 is 2.13 bits per heavy atom. The molecule has 1 amide bonds. The van der Waals surface area contributed by atoms with Crippen LogP contribution in [0, 0.1) is 11.7 Å². The second-order valence-electron chi connectivity index (χ2n) is 6.03. The average Bonchev–Trinajstić information content (AvgIpc) is 3.03. The van der Waals surface area contributed by atoms with E-state index in [4.69, 9.17) is 0 Å². The van der Waals surface area contributed by atoms with E-state index in [-0.39, 0.29) is 11.7 Å². The van der Waals surface area contributed by atoms with Crippen molar-refractivity contribution >= 4 is 5.91 Å². The molecular weight excluding hydrogens is 295 g/mol. The molecule has 1 fully saturated rings. The third-order valence-corrected chi connectivity index (χ3v) is 4.30. The Morgan fingerprint density at radius 3 is 2.87 bits per heavy atom. The Labute approximate surface area is 135 Å². The molecule has 3 rings (SSSR count). The minimum Gasteiger partial charge on any atom is -0.342 e. The summed E-state index contributed by atoms with van der Waals surface area (Å²) < 4.78 is 14.8. The highest BCUT2D eigenvalue weighted by atomic mass is 19.1. The lowest BCUT2D eigenvalue weighted by Crippen LogP contribution is -2.40. The Morgan fingerprint density at radius 1 is 1.35 bits per heavy atom. The van der Waals surface area contributed by atoms with Crippen LogP contribution in [0.1, 0.15) is 26.2 Å². The van der Waals surface area contributed by atoms with Crippen molar-refractivity contribution in [2.75, 3.05) is 13.1 Å². The fourth-order valence-corrected chi connectivity index (χ4v) is 3.07. The first-order valence-corrected chi connectivity index (χ1v) is 8.09. The van der Waals surface area contributed by atoms with Crippen molar-refractivity contribution in [3.05, 3.63) is 36.3 Å². The molecule has 0 spiro atoms. The molecule has 2 heterocycles. The third-order valence-electron chi connectivity index (χ3n) is 4.30. The number of nitrogens with zero attached hydrogens (tertiary/aromatic N) is 4. The summed E-state index contributed by atoms with van der Waals surface area (Å²) in [5.41, 5.74) is 1.59. The number of hydrogen-bond donors (Lipinski definition) is 0. The summed E-state index contributed by atoms with van der Waals surface area (Å²) >= 11 is 0. The molecule has 6 heteroatoms. The van der Waals surface area contributed by atoms with E-state index in [0.717, 1.165) is 43.7 Å². The molecule has 1 atom stereocenters. The SMILES string of the molecule is CCC(=O)N1CCC[C@H](Cn2cc(-c3ccc(F)cc3)nn2)C1. The van der Waals surface area contributed by atoms with Gasteiger partial charge in [0.2, 0.25) is 5.91 Å². The van der Waals surface area contributed by atoms with Gasteiger partial charge in [0, 0.05) is 31.6 Å². The Kier molecular flexibility index (Phi) is 4.69. The van der Waals surface area contributed by atoms with Crippen molar-refractivity contribution in [3.8, 4) is 11.3 Å². The summed E-state index contributed by atoms with van der Waals surface area (Å²) in [5.74, 6) is 0.367. The zero-order chi connectivity index (χ0) is 16.2. The smallest absolute Gasteiger partial charge is 0.222 e. The van der Waals surface area contributed by atoms with Crippen molar-refractivity contribution in [3.63, 3.8) is 0 Å². The lowest BCUT2D eigenvalue weighted by atomic mass is 9.98. The van der Waals surface area contributed by atoms with Gasteiger partial charge >= 0.3 is 0 Å². The lowest BCUT2D eigenvalue weighted by molar-refractivity contribution is -0.132. The molecule has 0 bridgehead atoms. The molecular formula is C17H21FN4O. The van der Waals surface area contributed by atoms with Crippen LogP contribution in [0.3, 0.4) is 0 Å². The first-order valence-electron chi connectivity index (χ1n) is 8.09. The molecule has 1 aliphatic rings. The van der Waals surface area contributed by atoms with Gasteiger partial charge in [-0.2, -0.15) is 0 Å². The van der Waals surface area contributed by atoms with Gasteiger partial charge in [0.1, 0.15) is 11.5 Å². The normalized spacial score (nSPS) is 18.2. The van der Waals surface area contributed by atoms with E-state index in [9.17, 15) is 9.18 Å². The van der Waals surface area contributed by atoms with Gasteiger partial charge in [0.25, 0.3) is 0 Å². The van der Waals surface area contributed by atoms with Crippen LogP contribution >= 0.6 is 0 Å². The largest absolute Gasteiger partial charge is 0.342 e. The highest BCUT2D eigenvalue weighted by Crippen LogP contribution is 2.20. The van der Waals surface area contributed by atoms with E-state index >= 15 is 0 Å². The molecule has 0 aliphatic carbocycles. The van der Waals surface area contributed by atoms with Gasteiger partial charge in [0.05, 0.1) is 6.20 Å². The molecule has 1 aromatic heterocycles. The summed E-state index contributed by atoms with van der Waals surface area (Å²) in [5, 5.41) is 8.33. The van der Waals surface area contributed by atoms with Gasteiger partial charge in [-0.1, -0.05) is 12.1 Å². The number of carbonyl (C=O) groups is 1. The number of carbonyl (C=O) groups excluding carboxylic acids is 1. The molecule has 5 nitrogen and oxygen atoms in total. The van der Waals surface area contributed by atoms with Crippen LogP contribution in [0.15, 0.2) is 30.5 Å². The van der Waals surface area contributed by atoms with E-state index in [1.807, 2.05) is 22.7 Å². The fraction of sp³-hybridized carbons (Fsp3) is 0.471. The molecule has 0 saturated carbocycles. The van der Waals surface area contributed by atoms with E-state index in [1.54, 1.807) is 12.1 Å². The zero-order valence-corrected chi connectivity index (χ0v) is 13.3. The molecule has 1 aliphatic heterocycles. The van der Waals surface area contributed by atoms with Crippen molar-refractivity contribution in [1.29, 1.82) is 0 Å². The molecule has 23 heavy (non-hydrogen) atoms. The molecule has 0 N–H and O–H groups in total. The fourth-order valence-electron chi connectivity index (χ4n) is 3.07. The van der Waals surface area contributed by atoms with Crippen LogP contribution in [0.5, 0.6) is 0 Å². The number of rotatable bonds is 4. The lowest BCUT2D eigenvalue weighted by Gasteiger charge is -2.32. The maximum absolute atomic E-state index is 13.0. The molecule has 1 saturated heterocycles. The highest BCUT2D eigenvalue weighted by Gasteiger charge is 2.23. The standard InChI is InChI=1S/C17H21FN4O/c1-2-17(23)21-9-3-4-13(10-21)11-22-12-16(19-20-22)14-5-7-15(18)8-6-14/h5-8,12-13H,2-4,9-11H2,1H3/t13-/m0/s1. The Balaban J connectivity index is 1.64. The van der Waals surface area contributed by atoms with Gasteiger partial charge in [-0.3, -0.25) is 9.48 Å². The van der Waals surface area contributed by atoms with Crippen LogP contribution < -0.4 is 0 Å². The van der Waals surface area contributed by atoms with Crippen molar-refractivity contribution < 1.29 is 9.18 Å². The molecule has 2 aromatic rings. The topological polar surface area (TPSA) is 51.0 Å². The van der Waals surface area contributed by atoms with Crippen LogP contribution in [0.4, 0.5) is 4.39 Å². The van der Waals surface area contributed by atoms with Gasteiger partial charge in [-0.05, 0) is 43.0 Å². The maximum atomic E-state index is 13.0. The van der Waals surface area contributed by atoms with Crippen LogP contribution in [-0.4, -0.2) is 38.9 Å². The number of halogens is 1. The van der Waals surface area contributed by atoms with E-state index < -0.39 is 0 Å². The molecule has 1 aromatic carbocycles. The van der Waals surface area contributed by atoms with Crippen LogP contribution in [-0.2, 0) is 11.3 Å². The van der Waals surface area contributed by atoms with Crippen LogP contribution in [0.2, 0.25) is 0 Å². The van der Waals surface area contributed by atoms with Crippen LogP contribution in [0.25, 0.3) is 11.3 Å². The predicted molar refractivity (Wildman–Crippen MR) is 85.0 cm³/mol. The van der Waals surface area contributed by atoms with E-state index in [2.05, 4.69) is 10.3 Å². The van der Waals surface area contributed by atoms with Gasteiger partial charge < -0.3 is 4.90 Å². The first-order chi connectivity index (χ1) is 11.2. The number of likely N-dealkylation sites (tertiary alicyclic amines) is 1. The van der Waals surface area contributed by atoms with Gasteiger partial charge in [-0.15, -0.1) is 5.10 Å². The van der Waals surface area contributed by atoms with Crippen molar-refractivity contribution in [1.82, 2.24) is 19.9 Å². The summed E-state index contributed by atoms with van der Waals surface area (Å²) in [6, 6.07) is 6.24. The quantitative estimate of drug-likeness (QED) is 0.871. The second kappa shape index (κ2) is 6.89. The Bertz CT molecular complexity index is 667. The number of amides is 1. The van der Waals surface area contributed by atoms with Gasteiger partial charge in [-0.25, -0.2) is 4.39 Å². The second-order valence-corrected chi connectivity index (χ2v) is 6.03. The molecule has 0 radical (unpaired) electrons. The zero-order valence-electron chi connectivity index (χ0n) is 13.3. The number of piperidine rings is 1. The summed E-state index contributed by atoms with van der Waals surface area (Å²) in [6.07, 6.45) is 4.58. The average molecular weight is 316 g/mol. The maximum Gasteiger partial charge on any atom is 0.222 e. The summed E-state index contributed by atoms with van der Waals surface area (Å²) in [4.78, 5) is 13.8.